The van der Waals surface area contributed by atoms with Gasteiger partial charge < -0.3 is 5.32 Å². The Bertz CT molecular complexity index is 711. The summed E-state index contributed by atoms with van der Waals surface area (Å²) in [7, 11) is 0. The molecule has 1 heterocycles. The van der Waals surface area contributed by atoms with Crippen LogP contribution in [0.3, 0.4) is 0 Å². The van der Waals surface area contributed by atoms with Crippen LogP contribution < -0.4 is 5.32 Å². The second kappa shape index (κ2) is 7.08. The summed E-state index contributed by atoms with van der Waals surface area (Å²) in [6.45, 7) is 0. The van der Waals surface area contributed by atoms with E-state index < -0.39 is 35.1 Å². The summed E-state index contributed by atoms with van der Waals surface area (Å²) >= 11 is 0. The number of benzene rings is 1. The maximum absolute atomic E-state index is 12.7. The van der Waals surface area contributed by atoms with E-state index in [-0.39, 0.29) is 18.9 Å². The molecule has 0 saturated heterocycles. The number of aromatic nitrogens is 2. The summed E-state index contributed by atoms with van der Waals surface area (Å²) in [5.74, 6) is -0.726. The summed E-state index contributed by atoms with van der Waals surface area (Å²) in [5.41, 5.74) is -2.95. The van der Waals surface area contributed by atoms with Gasteiger partial charge in [-0.15, -0.1) is 0 Å². The Morgan fingerprint density at radius 1 is 0.920 bits per heavy atom. The Morgan fingerprint density at radius 2 is 1.44 bits per heavy atom. The van der Waals surface area contributed by atoms with Gasteiger partial charge in [-0.05, 0) is 30.2 Å². The summed E-state index contributed by atoms with van der Waals surface area (Å²) in [4.78, 5) is 19.3. The minimum atomic E-state index is -4.97. The Kier molecular flexibility index (Phi) is 5.29. The summed E-state index contributed by atoms with van der Waals surface area (Å²) in [6.07, 6.45) is -5.71. The van der Waals surface area contributed by atoms with Gasteiger partial charge in [-0.2, -0.15) is 26.3 Å². The molecule has 0 radical (unpaired) electrons. The SMILES string of the molecule is O=C(CCc1cncnc1)Nc1cc(C(F)(F)F)cc(C(F)(F)F)c1. The highest BCUT2D eigenvalue weighted by Crippen LogP contribution is 2.37. The fraction of sp³-hybridized carbons (Fsp3) is 0.267. The topological polar surface area (TPSA) is 54.9 Å². The number of nitrogens with zero attached hydrogens (tertiary/aromatic N) is 2. The average molecular weight is 363 g/mol. The number of amides is 1. The van der Waals surface area contributed by atoms with Crippen molar-refractivity contribution in [3.8, 4) is 0 Å². The minimum Gasteiger partial charge on any atom is -0.326 e. The summed E-state index contributed by atoms with van der Waals surface area (Å²) in [6, 6.07) is 0.911. The van der Waals surface area contributed by atoms with E-state index in [2.05, 4.69) is 15.3 Å². The number of aryl methyl sites for hydroxylation is 1. The van der Waals surface area contributed by atoms with E-state index in [1.807, 2.05) is 0 Å². The van der Waals surface area contributed by atoms with Crippen molar-refractivity contribution in [2.45, 2.75) is 25.2 Å². The Morgan fingerprint density at radius 3 is 1.92 bits per heavy atom. The average Bonchev–Trinajstić information content (AvgIpc) is 2.52. The van der Waals surface area contributed by atoms with E-state index in [1.54, 1.807) is 0 Å². The fourth-order valence-corrected chi connectivity index (χ4v) is 1.97. The molecular formula is C15H11F6N3O. The second-order valence-corrected chi connectivity index (χ2v) is 5.09. The van der Waals surface area contributed by atoms with Gasteiger partial charge in [0.05, 0.1) is 11.1 Å². The van der Waals surface area contributed by atoms with Gasteiger partial charge in [0.15, 0.2) is 0 Å². The molecule has 1 amide bonds. The van der Waals surface area contributed by atoms with Crippen molar-refractivity contribution in [1.82, 2.24) is 9.97 Å². The van der Waals surface area contributed by atoms with Gasteiger partial charge in [0, 0.05) is 24.5 Å². The largest absolute Gasteiger partial charge is 0.416 e. The first-order chi connectivity index (χ1) is 11.6. The van der Waals surface area contributed by atoms with Gasteiger partial charge in [0.2, 0.25) is 5.91 Å². The van der Waals surface area contributed by atoms with Crippen LogP contribution in [-0.4, -0.2) is 15.9 Å². The maximum Gasteiger partial charge on any atom is 0.416 e. The number of hydrogen-bond acceptors (Lipinski definition) is 3. The predicted molar refractivity (Wildman–Crippen MR) is 75.4 cm³/mol. The lowest BCUT2D eigenvalue weighted by molar-refractivity contribution is -0.143. The molecule has 0 aliphatic heterocycles. The van der Waals surface area contributed by atoms with Gasteiger partial charge in [-0.25, -0.2) is 9.97 Å². The van der Waals surface area contributed by atoms with Gasteiger partial charge in [0.1, 0.15) is 6.33 Å². The standard InChI is InChI=1S/C15H11F6N3O/c16-14(17,18)10-3-11(15(19,20)21)5-12(4-10)24-13(25)2-1-9-6-22-8-23-7-9/h3-8H,1-2H2,(H,24,25). The molecular weight excluding hydrogens is 352 g/mol. The highest BCUT2D eigenvalue weighted by atomic mass is 19.4. The Labute approximate surface area is 137 Å². The first-order valence-electron chi connectivity index (χ1n) is 6.89. The molecule has 1 aromatic carbocycles. The van der Waals surface area contributed by atoms with Gasteiger partial charge in [-0.3, -0.25) is 4.79 Å². The lowest BCUT2D eigenvalue weighted by Crippen LogP contribution is -2.16. The molecule has 10 heteroatoms. The maximum atomic E-state index is 12.7. The lowest BCUT2D eigenvalue weighted by Gasteiger charge is -2.14. The van der Waals surface area contributed by atoms with Gasteiger partial charge >= 0.3 is 12.4 Å². The molecule has 0 bridgehead atoms. The van der Waals surface area contributed by atoms with Crippen molar-refractivity contribution < 1.29 is 31.1 Å². The number of nitrogens with one attached hydrogen (secondary N) is 1. The first-order valence-corrected chi connectivity index (χ1v) is 6.89. The van der Waals surface area contributed by atoms with E-state index >= 15 is 0 Å². The number of alkyl halides is 6. The van der Waals surface area contributed by atoms with Crippen LogP contribution in [0.4, 0.5) is 32.0 Å². The Hall–Kier alpha value is -2.65. The monoisotopic (exact) mass is 363 g/mol. The second-order valence-electron chi connectivity index (χ2n) is 5.09. The van der Waals surface area contributed by atoms with Crippen molar-refractivity contribution >= 4 is 11.6 Å². The third-order valence-corrected chi connectivity index (χ3v) is 3.13. The third-order valence-electron chi connectivity index (χ3n) is 3.13. The molecule has 2 rings (SSSR count). The molecule has 1 N–H and O–H groups in total. The molecule has 0 unspecified atom stereocenters. The van der Waals surface area contributed by atoms with Crippen LogP contribution in [-0.2, 0) is 23.6 Å². The highest BCUT2D eigenvalue weighted by molar-refractivity contribution is 5.91. The number of halogens is 6. The molecule has 0 aliphatic carbocycles. The van der Waals surface area contributed by atoms with Gasteiger partial charge in [-0.1, -0.05) is 0 Å². The summed E-state index contributed by atoms with van der Waals surface area (Å²) < 4.78 is 76.5. The molecule has 1 aromatic heterocycles. The smallest absolute Gasteiger partial charge is 0.326 e. The fourth-order valence-electron chi connectivity index (χ4n) is 1.97. The van der Waals surface area contributed by atoms with Crippen LogP contribution in [0.5, 0.6) is 0 Å². The van der Waals surface area contributed by atoms with Crippen LogP contribution in [0.25, 0.3) is 0 Å². The van der Waals surface area contributed by atoms with Crippen LogP contribution in [0.15, 0.2) is 36.9 Å². The van der Waals surface area contributed by atoms with E-state index in [1.165, 1.54) is 18.7 Å². The van der Waals surface area contributed by atoms with Crippen molar-refractivity contribution in [3.05, 3.63) is 53.6 Å². The lowest BCUT2D eigenvalue weighted by atomic mass is 10.1. The first kappa shape index (κ1) is 18.7. The number of carbonyl (C=O) groups excluding carboxylic acids is 1. The molecule has 0 spiro atoms. The zero-order chi connectivity index (χ0) is 18.7. The number of hydrogen-bond donors (Lipinski definition) is 1. The summed E-state index contributed by atoms with van der Waals surface area (Å²) in [5, 5.41) is 2.06. The van der Waals surface area contributed by atoms with E-state index in [4.69, 9.17) is 0 Å². The minimum absolute atomic E-state index is 0.00301. The number of rotatable bonds is 4. The molecule has 0 atom stereocenters. The third kappa shape index (κ3) is 5.44. The van der Waals surface area contributed by atoms with Crippen molar-refractivity contribution in [1.29, 1.82) is 0 Å². The van der Waals surface area contributed by atoms with E-state index in [0.29, 0.717) is 17.7 Å². The molecule has 0 aliphatic rings. The molecule has 2 aromatic rings. The normalized spacial score (nSPS) is 12.1. The van der Waals surface area contributed by atoms with Gasteiger partial charge in [0.25, 0.3) is 0 Å². The van der Waals surface area contributed by atoms with Crippen LogP contribution >= 0.6 is 0 Å². The van der Waals surface area contributed by atoms with E-state index in [0.717, 1.165) is 0 Å². The van der Waals surface area contributed by atoms with Crippen molar-refractivity contribution in [2.24, 2.45) is 0 Å². The zero-order valence-electron chi connectivity index (χ0n) is 12.4. The van der Waals surface area contributed by atoms with Crippen LogP contribution in [0, 0.1) is 0 Å². The molecule has 134 valence electrons. The predicted octanol–water partition coefficient (Wildman–Crippen LogP) is 4.09. The zero-order valence-corrected chi connectivity index (χ0v) is 12.4. The highest BCUT2D eigenvalue weighted by Gasteiger charge is 2.37. The number of carbonyl (C=O) groups is 1. The van der Waals surface area contributed by atoms with Crippen LogP contribution in [0.2, 0.25) is 0 Å². The van der Waals surface area contributed by atoms with Crippen molar-refractivity contribution in [2.75, 3.05) is 5.32 Å². The van der Waals surface area contributed by atoms with Crippen molar-refractivity contribution in [3.63, 3.8) is 0 Å². The molecule has 0 fully saturated rings. The molecule has 4 nitrogen and oxygen atoms in total. The molecule has 25 heavy (non-hydrogen) atoms. The Balaban J connectivity index is 2.16. The van der Waals surface area contributed by atoms with E-state index in [9.17, 15) is 31.1 Å². The van der Waals surface area contributed by atoms with Crippen LogP contribution in [0.1, 0.15) is 23.1 Å². The number of anilines is 1. The molecule has 0 saturated carbocycles. The quantitative estimate of drug-likeness (QED) is 0.833.